The van der Waals surface area contributed by atoms with Crippen LogP contribution in [0.5, 0.6) is 5.75 Å². The minimum absolute atomic E-state index is 0.00522. The van der Waals surface area contributed by atoms with Crippen LogP contribution < -0.4 is 0 Å². The van der Waals surface area contributed by atoms with E-state index in [2.05, 4.69) is 0 Å². The third-order valence-corrected chi connectivity index (χ3v) is 3.78. The first kappa shape index (κ1) is 12.1. The number of phenolic OH excluding ortho intramolecular Hbond substituents is 1. The van der Waals surface area contributed by atoms with Crippen molar-refractivity contribution in [2.75, 3.05) is 6.61 Å². The zero-order chi connectivity index (χ0) is 13.6. The molecule has 0 saturated heterocycles. The predicted molar refractivity (Wildman–Crippen MR) is 68.4 cm³/mol. The maximum absolute atomic E-state index is 12.4. The van der Waals surface area contributed by atoms with Crippen LogP contribution in [0.3, 0.4) is 0 Å². The van der Waals surface area contributed by atoms with Gasteiger partial charge in [-0.3, -0.25) is 9.59 Å². The Balaban J connectivity index is 2.14. The van der Waals surface area contributed by atoms with Crippen molar-refractivity contribution >= 4 is 11.6 Å². The monoisotopic (exact) mass is 258 g/mol. The number of hydrogen-bond donors (Lipinski definition) is 1. The van der Waals surface area contributed by atoms with Gasteiger partial charge in [0.2, 0.25) is 0 Å². The zero-order valence-corrected chi connectivity index (χ0v) is 10.6. The number of phenols is 1. The summed E-state index contributed by atoms with van der Waals surface area (Å²) in [5.41, 5.74) is 1.38. The molecule has 1 aromatic carbocycles. The van der Waals surface area contributed by atoms with E-state index >= 15 is 0 Å². The number of benzene rings is 1. The zero-order valence-electron chi connectivity index (χ0n) is 10.6. The Kier molecular flexibility index (Phi) is 2.75. The average Bonchev–Trinajstić information content (AvgIpc) is 2.44. The van der Waals surface area contributed by atoms with Gasteiger partial charge in [-0.1, -0.05) is 19.1 Å². The van der Waals surface area contributed by atoms with Gasteiger partial charge >= 0.3 is 0 Å². The number of aromatic hydroxyl groups is 1. The fraction of sp³-hybridized carbons (Fsp3) is 0.333. The summed E-state index contributed by atoms with van der Waals surface area (Å²) < 4.78 is 5.56. The summed E-state index contributed by atoms with van der Waals surface area (Å²) in [6, 6.07) is 4.60. The maximum Gasteiger partial charge on any atom is 0.196 e. The van der Waals surface area contributed by atoms with E-state index in [1.807, 2.05) is 6.92 Å². The summed E-state index contributed by atoms with van der Waals surface area (Å²) >= 11 is 0. The predicted octanol–water partition coefficient (Wildman–Crippen LogP) is 2.27. The fourth-order valence-corrected chi connectivity index (χ4v) is 2.67. The van der Waals surface area contributed by atoms with Gasteiger partial charge in [0.05, 0.1) is 18.3 Å². The van der Waals surface area contributed by atoms with Crippen molar-refractivity contribution in [2.24, 2.45) is 0 Å². The first-order valence-electron chi connectivity index (χ1n) is 6.38. The van der Waals surface area contributed by atoms with E-state index in [0.717, 1.165) is 6.42 Å². The van der Waals surface area contributed by atoms with Gasteiger partial charge in [-0.15, -0.1) is 0 Å². The van der Waals surface area contributed by atoms with Crippen molar-refractivity contribution in [1.29, 1.82) is 0 Å². The molecule has 0 bridgehead atoms. The van der Waals surface area contributed by atoms with Crippen LogP contribution in [0.15, 0.2) is 29.3 Å². The van der Waals surface area contributed by atoms with Crippen molar-refractivity contribution in [1.82, 2.24) is 0 Å². The molecule has 98 valence electrons. The Morgan fingerprint density at radius 2 is 2.05 bits per heavy atom. The van der Waals surface area contributed by atoms with Crippen LogP contribution in [-0.4, -0.2) is 29.4 Å². The number of ether oxygens (including phenoxy) is 1. The third-order valence-electron chi connectivity index (χ3n) is 3.78. The summed E-state index contributed by atoms with van der Waals surface area (Å²) in [4.78, 5) is 24.8. The highest BCUT2D eigenvalue weighted by molar-refractivity contribution is 6.28. The van der Waals surface area contributed by atoms with E-state index in [4.69, 9.17) is 4.74 Å². The van der Waals surface area contributed by atoms with Gasteiger partial charge in [-0.25, -0.2) is 0 Å². The molecule has 4 nitrogen and oxygen atoms in total. The number of fused-ring (bicyclic) bond motifs is 1. The number of carbonyl (C=O) groups is 2. The quantitative estimate of drug-likeness (QED) is 0.839. The Labute approximate surface area is 110 Å². The number of Topliss-reactive ketones (excluding diaryl/α,β-unsaturated/α-hetero) is 2. The number of carbonyl (C=O) groups excluding carboxylic acids is 2. The summed E-state index contributed by atoms with van der Waals surface area (Å²) in [5, 5.41) is 9.80. The van der Waals surface area contributed by atoms with E-state index in [1.54, 1.807) is 12.1 Å². The molecule has 0 saturated carbocycles. The summed E-state index contributed by atoms with van der Waals surface area (Å²) in [7, 11) is 0. The van der Waals surface area contributed by atoms with E-state index < -0.39 is 0 Å². The second-order valence-corrected chi connectivity index (χ2v) is 4.86. The topological polar surface area (TPSA) is 63.6 Å². The number of rotatable bonds is 1. The molecule has 0 radical (unpaired) electrons. The van der Waals surface area contributed by atoms with Gasteiger partial charge in [0, 0.05) is 23.1 Å². The summed E-state index contributed by atoms with van der Waals surface area (Å²) in [6.07, 6.45) is 1.28. The second kappa shape index (κ2) is 4.31. The SMILES string of the molecule is CC[C@H]1CC2=C(CO1)C(=O)c1c(O)cccc1C2=O. The average molecular weight is 258 g/mol. The van der Waals surface area contributed by atoms with Crippen molar-refractivity contribution in [2.45, 2.75) is 25.9 Å². The second-order valence-electron chi connectivity index (χ2n) is 4.86. The molecule has 3 rings (SSSR count). The van der Waals surface area contributed by atoms with E-state index in [-0.39, 0.29) is 35.6 Å². The molecule has 1 aliphatic heterocycles. The highest BCUT2D eigenvalue weighted by Crippen LogP contribution is 2.36. The molecule has 0 unspecified atom stereocenters. The van der Waals surface area contributed by atoms with Crippen molar-refractivity contribution in [3.8, 4) is 5.75 Å². The smallest absolute Gasteiger partial charge is 0.196 e. The first-order valence-corrected chi connectivity index (χ1v) is 6.38. The van der Waals surface area contributed by atoms with Crippen LogP contribution in [0.25, 0.3) is 0 Å². The Hall–Kier alpha value is -1.94. The standard InChI is InChI=1S/C15H14O4/c1-2-8-6-10-11(7-19-8)15(18)13-9(14(10)17)4-3-5-12(13)16/h3-5,8,16H,2,6-7H2,1H3/t8-/m0/s1. The molecule has 4 heteroatoms. The van der Waals surface area contributed by atoms with E-state index in [1.165, 1.54) is 6.07 Å². The lowest BCUT2D eigenvalue weighted by molar-refractivity contribution is 0.0495. The van der Waals surface area contributed by atoms with Gasteiger partial charge in [0.15, 0.2) is 11.6 Å². The van der Waals surface area contributed by atoms with Crippen molar-refractivity contribution in [3.05, 3.63) is 40.5 Å². The Morgan fingerprint density at radius 1 is 1.26 bits per heavy atom. The highest BCUT2D eigenvalue weighted by Gasteiger charge is 2.37. The van der Waals surface area contributed by atoms with Crippen LogP contribution >= 0.6 is 0 Å². The Morgan fingerprint density at radius 3 is 2.79 bits per heavy atom. The molecule has 19 heavy (non-hydrogen) atoms. The van der Waals surface area contributed by atoms with E-state index in [9.17, 15) is 14.7 Å². The van der Waals surface area contributed by atoms with Crippen LogP contribution in [0.2, 0.25) is 0 Å². The molecule has 1 N–H and O–H groups in total. The number of ketones is 2. The first-order chi connectivity index (χ1) is 9.13. The summed E-state index contributed by atoms with van der Waals surface area (Å²) in [5.74, 6) is -0.570. The van der Waals surface area contributed by atoms with Gasteiger partial charge < -0.3 is 9.84 Å². The molecule has 1 heterocycles. The molecular formula is C15H14O4. The van der Waals surface area contributed by atoms with Crippen LogP contribution in [0.1, 0.15) is 40.5 Å². The van der Waals surface area contributed by atoms with Crippen LogP contribution in [-0.2, 0) is 4.74 Å². The lowest BCUT2D eigenvalue weighted by Gasteiger charge is -2.29. The van der Waals surface area contributed by atoms with Crippen LogP contribution in [0, 0.1) is 0 Å². The normalized spacial score (nSPS) is 22.3. The van der Waals surface area contributed by atoms with Crippen LogP contribution in [0.4, 0.5) is 0 Å². The van der Waals surface area contributed by atoms with Crippen molar-refractivity contribution < 1.29 is 19.4 Å². The lowest BCUT2D eigenvalue weighted by atomic mass is 9.80. The molecule has 1 atom stereocenters. The fourth-order valence-electron chi connectivity index (χ4n) is 2.67. The largest absolute Gasteiger partial charge is 0.507 e. The van der Waals surface area contributed by atoms with Crippen molar-refractivity contribution in [3.63, 3.8) is 0 Å². The van der Waals surface area contributed by atoms with Gasteiger partial charge in [-0.05, 0) is 12.5 Å². The molecule has 0 amide bonds. The molecule has 1 aliphatic carbocycles. The van der Waals surface area contributed by atoms with E-state index in [0.29, 0.717) is 23.1 Å². The van der Waals surface area contributed by atoms with Gasteiger partial charge in [0.25, 0.3) is 0 Å². The Bertz CT molecular complexity index is 613. The third kappa shape index (κ3) is 1.71. The minimum Gasteiger partial charge on any atom is -0.507 e. The molecule has 0 aromatic heterocycles. The number of hydrogen-bond acceptors (Lipinski definition) is 4. The minimum atomic E-state index is -0.280. The highest BCUT2D eigenvalue weighted by atomic mass is 16.5. The van der Waals surface area contributed by atoms with Gasteiger partial charge in [0.1, 0.15) is 5.75 Å². The maximum atomic E-state index is 12.4. The lowest BCUT2D eigenvalue weighted by Crippen LogP contribution is -2.32. The van der Waals surface area contributed by atoms with Gasteiger partial charge in [-0.2, -0.15) is 0 Å². The molecule has 2 aliphatic rings. The summed E-state index contributed by atoms with van der Waals surface area (Å²) in [6.45, 7) is 2.15. The molecule has 1 aromatic rings. The molecular weight excluding hydrogens is 244 g/mol. The molecule has 0 spiro atoms. The molecule has 0 fully saturated rings.